The molecule has 0 unspecified atom stereocenters. The molecule has 4 aromatic rings. The Labute approximate surface area is 269 Å². The summed E-state index contributed by atoms with van der Waals surface area (Å²) in [6.45, 7) is 11.9. The predicted octanol–water partition coefficient (Wildman–Crippen LogP) is 4.79. The maximum Gasteiger partial charge on any atom is 0.322 e. The van der Waals surface area contributed by atoms with E-state index in [0.717, 1.165) is 38.9 Å². The summed E-state index contributed by atoms with van der Waals surface area (Å²) >= 11 is 0. The topological polar surface area (TPSA) is 144 Å². The van der Waals surface area contributed by atoms with E-state index in [1.165, 1.54) is 4.31 Å². The van der Waals surface area contributed by atoms with Gasteiger partial charge in [-0.15, -0.1) is 5.10 Å². The van der Waals surface area contributed by atoms with E-state index in [1.807, 2.05) is 62.7 Å². The number of sulfonamides is 1. The number of ether oxygens (including phenoxy) is 1. The molecule has 11 nitrogen and oxygen atoms in total. The molecule has 0 bridgehead atoms. The van der Waals surface area contributed by atoms with E-state index in [9.17, 15) is 23.1 Å². The molecule has 0 saturated heterocycles. The van der Waals surface area contributed by atoms with Gasteiger partial charge in [-0.05, 0) is 73.2 Å². The standard InChI is InChI=1S/C34H41N5O6S/c1-7-25-20-38(46(43,44)29-12-10-9-11-28(29)45-25)19-24-17-23(14-13-21(24)3)31(34(5,6)33(42)35-18-30(40)41)26-15-16-27-32(22(26)4)36-37-39(27)8-2/h9-17,25,31H,7-8,18-20H2,1-6H3,(H,35,42)(H,40,41)/t25-,31+/m1/s1. The molecule has 244 valence electrons. The summed E-state index contributed by atoms with van der Waals surface area (Å²) in [5.74, 6) is -1.75. The van der Waals surface area contributed by atoms with Gasteiger partial charge in [-0.1, -0.05) is 62.4 Å². The number of amides is 1. The number of aromatic nitrogens is 3. The zero-order valence-electron chi connectivity index (χ0n) is 27.1. The average Bonchev–Trinajstić information content (AvgIpc) is 3.41. The molecule has 5 rings (SSSR count). The minimum atomic E-state index is -3.88. The molecule has 0 fully saturated rings. The SMILES string of the molecule is CC[C@@H]1CN(Cc2cc([C@@H](c3ccc4c(nnn4CC)c3C)C(C)(C)C(=O)NCC(=O)O)ccc2C)S(=O)(=O)c2ccccc2O1. The molecule has 1 aliphatic rings. The van der Waals surface area contributed by atoms with Gasteiger partial charge in [-0.3, -0.25) is 9.59 Å². The second-order valence-corrected chi connectivity index (χ2v) is 14.3. The fourth-order valence-electron chi connectivity index (χ4n) is 6.26. The van der Waals surface area contributed by atoms with Crippen LogP contribution in [0.15, 0.2) is 59.5 Å². The van der Waals surface area contributed by atoms with Crippen LogP contribution in [-0.2, 0) is 32.7 Å². The zero-order chi connectivity index (χ0) is 33.4. The Bertz CT molecular complexity index is 1900. The minimum absolute atomic E-state index is 0.109. The summed E-state index contributed by atoms with van der Waals surface area (Å²) in [5.41, 5.74) is 4.66. The molecular weight excluding hydrogens is 606 g/mol. The van der Waals surface area contributed by atoms with E-state index in [4.69, 9.17) is 4.74 Å². The summed E-state index contributed by atoms with van der Waals surface area (Å²) in [4.78, 5) is 25.1. The Morgan fingerprint density at radius 2 is 1.85 bits per heavy atom. The highest BCUT2D eigenvalue weighted by molar-refractivity contribution is 7.89. The number of carbonyl (C=O) groups is 2. The maximum atomic E-state index is 13.9. The second kappa shape index (κ2) is 12.8. The molecule has 46 heavy (non-hydrogen) atoms. The summed E-state index contributed by atoms with van der Waals surface area (Å²) in [7, 11) is -3.88. The average molecular weight is 648 g/mol. The highest BCUT2D eigenvalue weighted by atomic mass is 32.2. The van der Waals surface area contributed by atoms with E-state index in [1.54, 1.807) is 38.1 Å². The van der Waals surface area contributed by atoms with E-state index in [2.05, 4.69) is 15.6 Å². The zero-order valence-corrected chi connectivity index (χ0v) is 27.9. The van der Waals surface area contributed by atoms with Gasteiger partial charge in [-0.2, -0.15) is 4.31 Å². The molecule has 2 atom stereocenters. The van der Waals surface area contributed by atoms with Gasteiger partial charge in [0.2, 0.25) is 15.9 Å². The number of aliphatic carboxylic acids is 1. The van der Waals surface area contributed by atoms with Crippen molar-refractivity contribution in [2.24, 2.45) is 5.41 Å². The van der Waals surface area contributed by atoms with Crippen LogP contribution in [0.3, 0.4) is 0 Å². The maximum absolute atomic E-state index is 13.9. The molecular formula is C34H41N5O6S. The van der Waals surface area contributed by atoms with Gasteiger partial charge in [0.15, 0.2) is 0 Å². The first-order valence-corrected chi connectivity index (χ1v) is 16.9. The smallest absolute Gasteiger partial charge is 0.322 e. The number of fused-ring (bicyclic) bond motifs is 2. The van der Waals surface area contributed by atoms with Crippen LogP contribution in [0.4, 0.5) is 0 Å². The summed E-state index contributed by atoms with van der Waals surface area (Å²) in [6.07, 6.45) is 0.309. The third-order valence-corrected chi connectivity index (χ3v) is 10.8. The molecule has 2 N–H and O–H groups in total. The number of carboxylic acids is 1. The largest absolute Gasteiger partial charge is 0.488 e. The van der Waals surface area contributed by atoms with Crippen LogP contribution in [0.1, 0.15) is 67.9 Å². The van der Waals surface area contributed by atoms with Gasteiger partial charge in [-0.25, -0.2) is 13.1 Å². The van der Waals surface area contributed by atoms with Crippen molar-refractivity contribution in [3.63, 3.8) is 0 Å². The monoisotopic (exact) mass is 647 g/mol. The lowest BCUT2D eigenvalue weighted by molar-refractivity contribution is -0.139. The number of para-hydroxylation sites is 1. The quantitative estimate of drug-likeness (QED) is 0.250. The van der Waals surface area contributed by atoms with E-state index in [-0.39, 0.29) is 24.1 Å². The van der Waals surface area contributed by atoms with Crippen LogP contribution in [0.2, 0.25) is 0 Å². The van der Waals surface area contributed by atoms with Crippen molar-refractivity contribution in [3.8, 4) is 5.75 Å². The van der Waals surface area contributed by atoms with E-state index >= 15 is 0 Å². The number of carboxylic acid groups (broad SMARTS) is 1. The van der Waals surface area contributed by atoms with Gasteiger partial charge in [0.25, 0.3) is 0 Å². The van der Waals surface area contributed by atoms with E-state index in [0.29, 0.717) is 18.7 Å². The number of nitrogens with zero attached hydrogens (tertiary/aromatic N) is 4. The molecule has 2 heterocycles. The van der Waals surface area contributed by atoms with Gasteiger partial charge >= 0.3 is 5.97 Å². The summed E-state index contributed by atoms with van der Waals surface area (Å²) in [6, 6.07) is 16.5. The third kappa shape index (κ3) is 6.11. The number of nitrogens with one attached hydrogen (secondary N) is 1. The first-order valence-electron chi connectivity index (χ1n) is 15.5. The molecule has 0 radical (unpaired) electrons. The number of hydrogen-bond acceptors (Lipinski definition) is 7. The summed E-state index contributed by atoms with van der Waals surface area (Å²) in [5, 5.41) is 20.6. The molecule has 1 amide bonds. The third-order valence-electron chi connectivity index (χ3n) is 8.98. The highest BCUT2D eigenvalue weighted by Gasteiger charge is 2.41. The normalized spacial score (nSPS) is 17.1. The van der Waals surface area contributed by atoms with Crippen LogP contribution >= 0.6 is 0 Å². The van der Waals surface area contributed by atoms with Gasteiger partial charge in [0.1, 0.15) is 28.8 Å². The van der Waals surface area contributed by atoms with Crippen molar-refractivity contribution in [1.29, 1.82) is 0 Å². The van der Waals surface area contributed by atoms with Crippen molar-refractivity contribution >= 4 is 32.9 Å². The lowest BCUT2D eigenvalue weighted by Crippen LogP contribution is -2.43. The number of benzene rings is 3. The van der Waals surface area contributed by atoms with Crippen LogP contribution in [-0.4, -0.2) is 63.9 Å². The first-order chi connectivity index (χ1) is 21.8. The van der Waals surface area contributed by atoms with Crippen molar-refractivity contribution in [2.45, 2.75) is 78.0 Å². The van der Waals surface area contributed by atoms with Gasteiger partial charge in [0, 0.05) is 19.0 Å². The number of aryl methyl sites for hydroxylation is 3. The molecule has 1 aliphatic heterocycles. The molecule has 12 heteroatoms. The minimum Gasteiger partial charge on any atom is -0.488 e. The Balaban J connectivity index is 1.63. The highest BCUT2D eigenvalue weighted by Crippen LogP contribution is 2.44. The number of rotatable bonds is 10. The molecule has 0 saturated carbocycles. The first kappa shape index (κ1) is 33.1. The van der Waals surface area contributed by atoms with E-state index < -0.39 is 39.8 Å². The van der Waals surface area contributed by atoms with Crippen LogP contribution in [0.25, 0.3) is 11.0 Å². The Morgan fingerprint density at radius 3 is 2.54 bits per heavy atom. The predicted molar refractivity (Wildman–Crippen MR) is 174 cm³/mol. The summed E-state index contributed by atoms with van der Waals surface area (Å²) < 4.78 is 37.3. The number of carbonyl (C=O) groups excluding carboxylic acids is 1. The molecule has 0 aliphatic carbocycles. The van der Waals surface area contributed by atoms with Crippen molar-refractivity contribution in [3.05, 3.63) is 82.4 Å². The molecule has 1 aromatic heterocycles. The van der Waals surface area contributed by atoms with Crippen molar-refractivity contribution < 1.29 is 27.9 Å². The Kier molecular flexibility index (Phi) is 9.23. The molecule has 0 spiro atoms. The fourth-order valence-corrected chi connectivity index (χ4v) is 7.83. The van der Waals surface area contributed by atoms with Crippen molar-refractivity contribution in [2.75, 3.05) is 13.1 Å². The van der Waals surface area contributed by atoms with Crippen molar-refractivity contribution in [1.82, 2.24) is 24.6 Å². The van der Waals surface area contributed by atoms with Gasteiger partial charge < -0.3 is 15.2 Å². The van der Waals surface area contributed by atoms with Crippen LogP contribution in [0, 0.1) is 19.3 Å². The fraction of sp³-hybridized carbons (Fsp3) is 0.412. The lowest BCUT2D eigenvalue weighted by atomic mass is 9.69. The van der Waals surface area contributed by atoms with Crippen LogP contribution < -0.4 is 10.1 Å². The number of hydrogen-bond donors (Lipinski definition) is 2. The second-order valence-electron chi connectivity index (χ2n) is 12.4. The van der Waals surface area contributed by atoms with Crippen LogP contribution in [0.5, 0.6) is 5.75 Å². The Hall–Kier alpha value is -4.29. The molecule has 3 aromatic carbocycles. The van der Waals surface area contributed by atoms with Gasteiger partial charge in [0.05, 0.1) is 17.5 Å². The Morgan fingerprint density at radius 1 is 1.11 bits per heavy atom. The lowest BCUT2D eigenvalue weighted by Gasteiger charge is -2.35.